The van der Waals surface area contributed by atoms with E-state index in [1.165, 1.54) is 18.2 Å². The Bertz CT molecular complexity index is 781. The number of hydrogen-bond acceptors (Lipinski definition) is 5. The highest BCUT2D eigenvalue weighted by atomic mass is 32.2. The van der Waals surface area contributed by atoms with Crippen LogP contribution < -0.4 is 5.32 Å². The molecule has 1 fully saturated rings. The first kappa shape index (κ1) is 13.4. The highest BCUT2D eigenvalue weighted by Crippen LogP contribution is 2.32. The van der Waals surface area contributed by atoms with Gasteiger partial charge in [-0.05, 0) is 36.0 Å². The number of imide groups is 1. The van der Waals surface area contributed by atoms with Gasteiger partial charge in [-0.1, -0.05) is 0 Å². The third kappa shape index (κ3) is 2.68. The number of amides is 2. The molecule has 2 heterocycles. The van der Waals surface area contributed by atoms with Crippen molar-refractivity contribution in [2.75, 3.05) is 0 Å². The van der Waals surface area contributed by atoms with Gasteiger partial charge in [0.1, 0.15) is 23.1 Å². The highest BCUT2D eigenvalue weighted by molar-refractivity contribution is 8.18. The number of furan rings is 1. The second-order valence-electron chi connectivity index (χ2n) is 4.22. The molecule has 7 heteroatoms. The molecule has 21 heavy (non-hydrogen) atoms. The Hall–Kier alpha value is -2.54. The molecule has 1 aromatic carbocycles. The molecule has 2 N–H and O–H groups in total. The number of nitrogens with one attached hydrogen (secondary N) is 1. The number of phenolic OH excluding ortho intramolecular Hbond substituents is 1. The number of carbonyl (C=O) groups is 2. The number of rotatable bonds is 2. The Morgan fingerprint density at radius 1 is 1.24 bits per heavy atom. The molecular formula is C14H8FNO4S. The van der Waals surface area contributed by atoms with Crippen LogP contribution in [-0.2, 0) is 4.79 Å². The van der Waals surface area contributed by atoms with Gasteiger partial charge in [0.15, 0.2) is 0 Å². The number of phenols is 1. The fourth-order valence-corrected chi connectivity index (χ4v) is 2.50. The summed E-state index contributed by atoms with van der Waals surface area (Å²) >= 11 is 0.781. The molecule has 1 saturated heterocycles. The quantitative estimate of drug-likeness (QED) is 0.833. The van der Waals surface area contributed by atoms with Crippen molar-refractivity contribution in [1.82, 2.24) is 5.32 Å². The largest absolute Gasteiger partial charge is 0.507 e. The molecule has 0 bridgehead atoms. The van der Waals surface area contributed by atoms with E-state index in [0.717, 1.165) is 17.8 Å². The lowest BCUT2D eigenvalue weighted by molar-refractivity contribution is -0.115. The topological polar surface area (TPSA) is 79.5 Å². The molecule has 5 nitrogen and oxygen atoms in total. The van der Waals surface area contributed by atoms with Gasteiger partial charge < -0.3 is 9.52 Å². The van der Waals surface area contributed by atoms with Crippen molar-refractivity contribution in [3.05, 3.63) is 46.8 Å². The molecule has 106 valence electrons. The van der Waals surface area contributed by atoms with Crippen LogP contribution in [0.3, 0.4) is 0 Å². The van der Waals surface area contributed by atoms with E-state index in [9.17, 15) is 19.1 Å². The molecule has 0 atom stereocenters. The molecule has 1 aliphatic rings. The average molecular weight is 305 g/mol. The first-order valence-corrected chi connectivity index (χ1v) is 6.68. The predicted molar refractivity (Wildman–Crippen MR) is 74.9 cm³/mol. The number of benzene rings is 1. The summed E-state index contributed by atoms with van der Waals surface area (Å²) in [6, 6.07) is 6.74. The van der Waals surface area contributed by atoms with Crippen LogP contribution >= 0.6 is 11.8 Å². The maximum Gasteiger partial charge on any atom is 0.290 e. The van der Waals surface area contributed by atoms with Crippen LogP contribution in [0.15, 0.2) is 39.7 Å². The molecule has 0 saturated carbocycles. The monoisotopic (exact) mass is 305 g/mol. The summed E-state index contributed by atoms with van der Waals surface area (Å²) in [7, 11) is 0. The second kappa shape index (κ2) is 5.10. The van der Waals surface area contributed by atoms with Crippen LogP contribution in [0.2, 0.25) is 0 Å². The molecule has 0 radical (unpaired) electrons. The first-order chi connectivity index (χ1) is 10.0. The van der Waals surface area contributed by atoms with Gasteiger partial charge in [-0.3, -0.25) is 14.9 Å². The normalized spacial score (nSPS) is 16.5. The lowest BCUT2D eigenvalue weighted by Gasteiger charge is -2.00. The minimum atomic E-state index is -0.553. The molecule has 1 aromatic heterocycles. The van der Waals surface area contributed by atoms with Gasteiger partial charge in [-0.2, -0.15) is 0 Å². The van der Waals surface area contributed by atoms with E-state index in [0.29, 0.717) is 17.1 Å². The Balaban J connectivity index is 1.92. The molecular weight excluding hydrogens is 297 g/mol. The van der Waals surface area contributed by atoms with E-state index < -0.39 is 17.0 Å². The summed E-state index contributed by atoms with van der Waals surface area (Å²) in [5.74, 6) is -0.600. The number of aromatic hydroxyl groups is 1. The zero-order valence-corrected chi connectivity index (χ0v) is 11.2. The second-order valence-corrected chi connectivity index (χ2v) is 5.23. The van der Waals surface area contributed by atoms with Crippen molar-refractivity contribution in [1.29, 1.82) is 0 Å². The Morgan fingerprint density at radius 2 is 2.05 bits per heavy atom. The van der Waals surface area contributed by atoms with Crippen molar-refractivity contribution >= 4 is 29.0 Å². The van der Waals surface area contributed by atoms with Gasteiger partial charge in [-0.15, -0.1) is 0 Å². The van der Waals surface area contributed by atoms with Gasteiger partial charge in [0.05, 0.1) is 10.5 Å². The number of carbonyl (C=O) groups excluding carboxylic acids is 2. The van der Waals surface area contributed by atoms with Crippen LogP contribution in [0, 0.1) is 5.82 Å². The number of thioether (sulfide) groups is 1. The maximum absolute atomic E-state index is 12.9. The van der Waals surface area contributed by atoms with Gasteiger partial charge in [-0.25, -0.2) is 4.39 Å². The maximum atomic E-state index is 12.9. The minimum absolute atomic E-state index is 0.226. The van der Waals surface area contributed by atoms with Gasteiger partial charge in [0, 0.05) is 12.1 Å². The van der Waals surface area contributed by atoms with E-state index in [1.807, 2.05) is 0 Å². The lowest BCUT2D eigenvalue weighted by atomic mass is 10.1. The van der Waals surface area contributed by atoms with Crippen LogP contribution in [0.25, 0.3) is 17.4 Å². The number of hydrogen-bond donors (Lipinski definition) is 2. The highest BCUT2D eigenvalue weighted by Gasteiger charge is 2.25. The fraction of sp³-hybridized carbons (Fsp3) is 0. The smallest absolute Gasteiger partial charge is 0.290 e. The van der Waals surface area contributed by atoms with E-state index in [-0.39, 0.29) is 10.7 Å². The van der Waals surface area contributed by atoms with Crippen molar-refractivity contribution in [2.45, 2.75) is 0 Å². The number of halogens is 1. The third-order valence-electron chi connectivity index (χ3n) is 2.77. The van der Waals surface area contributed by atoms with E-state index >= 15 is 0 Å². The van der Waals surface area contributed by atoms with Crippen LogP contribution in [0.5, 0.6) is 5.75 Å². The first-order valence-electron chi connectivity index (χ1n) is 5.86. The van der Waals surface area contributed by atoms with Gasteiger partial charge in [0.2, 0.25) is 0 Å². The van der Waals surface area contributed by atoms with Crippen molar-refractivity contribution < 1.29 is 23.5 Å². The molecule has 1 aliphatic heterocycles. The summed E-state index contributed by atoms with van der Waals surface area (Å²) in [5, 5.41) is 11.4. The standard InChI is InChI=1S/C14H8FNO4S/c15-7-1-3-9(10(17)5-7)11-4-2-8(20-11)6-12-13(18)16-14(19)21-12/h1-6,17H,(H,16,18,19). The molecule has 3 rings (SSSR count). The zero-order valence-electron chi connectivity index (χ0n) is 10.4. The Labute approximate surface area is 122 Å². The zero-order chi connectivity index (χ0) is 15.0. The molecule has 0 spiro atoms. The van der Waals surface area contributed by atoms with Gasteiger partial charge in [0.25, 0.3) is 11.1 Å². The predicted octanol–water partition coefficient (Wildman–Crippen LogP) is 3.12. The Kier molecular flexibility index (Phi) is 3.26. The van der Waals surface area contributed by atoms with Crippen molar-refractivity contribution in [2.24, 2.45) is 0 Å². The van der Waals surface area contributed by atoms with E-state index in [4.69, 9.17) is 4.42 Å². The summed E-state index contributed by atoms with van der Waals surface area (Å²) < 4.78 is 18.4. The lowest BCUT2D eigenvalue weighted by Crippen LogP contribution is -2.17. The fourth-order valence-electron chi connectivity index (χ4n) is 1.84. The summed E-state index contributed by atoms with van der Waals surface area (Å²) in [6.07, 6.45) is 1.43. The minimum Gasteiger partial charge on any atom is -0.507 e. The third-order valence-corrected chi connectivity index (χ3v) is 3.58. The molecule has 0 aliphatic carbocycles. The summed E-state index contributed by atoms with van der Waals surface area (Å²) in [4.78, 5) is 22.7. The summed E-state index contributed by atoms with van der Waals surface area (Å²) in [6.45, 7) is 0. The van der Waals surface area contributed by atoms with Crippen LogP contribution in [0.1, 0.15) is 5.76 Å². The molecule has 2 amide bonds. The average Bonchev–Trinajstić information content (AvgIpc) is 2.97. The van der Waals surface area contributed by atoms with Crippen molar-refractivity contribution in [3.8, 4) is 17.1 Å². The van der Waals surface area contributed by atoms with Gasteiger partial charge >= 0.3 is 0 Å². The van der Waals surface area contributed by atoms with Crippen LogP contribution in [-0.4, -0.2) is 16.3 Å². The summed E-state index contributed by atoms with van der Waals surface area (Å²) in [5.41, 5.74) is 0.334. The Morgan fingerprint density at radius 3 is 2.71 bits per heavy atom. The van der Waals surface area contributed by atoms with Crippen molar-refractivity contribution in [3.63, 3.8) is 0 Å². The SMILES string of the molecule is O=C1NC(=O)C(=Cc2ccc(-c3ccc(F)cc3O)o2)S1. The molecule has 2 aromatic rings. The van der Waals surface area contributed by atoms with Crippen LogP contribution in [0.4, 0.5) is 9.18 Å². The molecule has 0 unspecified atom stereocenters. The van der Waals surface area contributed by atoms with E-state index in [1.54, 1.807) is 12.1 Å². The van der Waals surface area contributed by atoms with E-state index in [2.05, 4.69) is 5.32 Å².